The number of amides is 1. The van der Waals surface area contributed by atoms with Crippen LogP contribution in [0.3, 0.4) is 0 Å². The van der Waals surface area contributed by atoms with Crippen molar-refractivity contribution in [3.05, 3.63) is 65.4 Å². The number of hydrogen-bond donors (Lipinski definition) is 1. The van der Waals surface area contributed by atoms with Gasteiger partial charge in [0, 0.05) is 29.4 Å². The van der Waals surface area contributed by atoms with Crippen molar-refractivity contribution in [2.75, 3.05) is 5.32 Å². The lowest BCUT2D eigenvalue weighted by atomic mass is 10.2. The van der Waals surface area contributed by atoms with Crippen LogP contribution in [0.1, 0.15) is 35.1 Å². The maximum absolute atomic E-state index is 12.5. The van der Waals surface area contributed by atoms with Crippen LogP contribution < -0.4 is 5.32 Å². The molecular formula is C19H17N5OS. The second kappa shape index (κ2) is 6.68. The molecule has 0 saturated carbocycles. The number of nitrogens with zero attached hydrogens (tertiary/aromatic N) is 4. The molecule has 0 saturated heterocycles. The second-order valence-corrected chi connectivity index (χ2v) is 7.24. The van der Waals surface area contributed by atoms with Crippen LogP contribution in [0.5, 0.6) is 0 Å². The number of benzene rings is 1. The fourth-order valence-electron chi connectivity index (χ4n) is 2.56. The summed E-state index contributed by atoms with van der Waals surface area (Å²) in [5.74, 6) is 0.0686. The molecule has 1 N–H and O–H groups in total. The number of fused-ring (bicyclic) bond motifs is 1. The van der Waals surface area contributed by atoms with Crippen LogP contribution >= 0.6 is 11.3 Å². The Kier molecular flexibility index (Phi) is 4.22. The molecule has 130 valence electrons. The lowest BCUT2D eigenvalue weighted by Crippen LogP contribution is -2.12. The average Bonchev–Trinajstić information content (AvgIpc) is 3.28. The second-order valence-electron chi connectivity index (χ2n) is 6.23. The van der Waals surface area contributed by atoms with E-state index in [1.807, 2.05) is 61.0 Å². The van der Waals surface area contributed by atoms with Crippen LogP contribution in [-0.2, 0) is 0 Å². The van der Waals surface area contributed by atoms with Gasteiger partial charge in [0.05, 0.1) is 5.69 Å². The number of anilines is 1. The molecule has 0 bridgehead atoms. The summed E-state index contributed by atoms with van der Waals surface area (Å²) in [5, 5.41) is 12.3. The van der Waals surface area contributed by atoms with Crippen LogP contribution in [0.4, 0.5) is 5.13 Å². The van der Waals surface area contributed by atoms with E-state index in [1.54, 1.807) is 12.1 Å². The lowest BCUT2D eigenvalue weighted by molar-refractivity contribution is 0.102. The van der Waals surface area contributed by atoms with E-state index >= 15 is 0 Å². The quantitative estimate of drug-likeness (QED) is 0.589. The molecule has 0 aliphatic rings. The summed E-state index contributed by atoms with van der Waals surface area (Å²) in [5.41, 5.74) is 3.16. The van der Waals surface area contributed by atoms with Crippen LogP contribution in [-0.4, -0.2) is 25.5 Å². The first-order valence-electron chi connectivity index (χ1n) is 8.29. The van der Waals surface area contributed by atoms with Crippen molar-refractivity contribution < 1.29 is 4.79 Å². The monoisotopic (exact) mass is 363 g/mol. The van der Waals surface area contributed by atoms with E-state index in [1.165, 1.54) is 11.3 Å². The number of aromatic nitrogens is 4. The number of imidazole rings is 1. The molecule has 3 aromatic heterocycles. The third-order valence-electron chi connectivity index (χ3n) is 3.95. The van der Waals surface area contributed by atoms with E-state index in [0.717, 1.165) is 21.9 Å². The lowest BCUT2D eigenvalue weighted by Gasteiger charge is -2.01. The highest BCUT2D eigenvalue weighted by Crippen LogP contribution is 2.23. The van der Waals surface area contributed by atoms with Crippen molar-refractivity contribution in [2.24, 2.45) is 0 Å². The van der Waals surface area contributed by atoms with Gasteiger partial charge in [0.2, 0.25) is 5.13 Å². The van der Waals surface area contributed by atoms with Crippen molar-refractivity contribution in [1.29, 1.82) is 0 Å². The van der Waals surface area contributed by atoms with E-state index in [9.17, 15) is 4.79 Å². The summed E-state index contributed by atoms with van der Waals surface area (Å²) < 4.78 is 1.90. The van der Waals surface area contributed by atoms with E-state index in [4.69, 9.17) is 0 Å². The summed E-state index contributed by atoms with van der Waals surface area (Å²) >= 11 is 1.39. The number of carbonyl (C=O) groups is 1. The van der Waals surface area contributed by atoms with Gasteiger partial charge in [-0.2, -0.15) is 0 Å². The van der Waals surface area contributed by atoms with Crippen LogP contribution in [0, 0.1) is 0 Å². The molecule has 4 rings (SSSR count). The zero-order valence-corrected chi connectivity index (χ0v) is 15.2. The van der Waals surface area contributed by atoms with Gasteiger partial charge in [-0.3, -0.25) is 10.1 Å². The third kappa shape index (κ3) is 3.21. The largest absolute Gasteiger partial charge is 0.306 e. The molecule has 1 amide bonds. The molecule has 7 heteroatoms. The Morgan fingerprint density at radius 2 is 1.96 bits per heavy atom. The Bertz CT molecular complexity index is 1070. The Labute approximate surface area is 154 Å². The van der Waals surface area contributed by atoms with E-state index in [0.29, 0.717) is 10.7 Å². The van der Waals surface area contributed by atoms with Crippen LogP contribution in [0.15, 0.2) is 54.9 Å². The molecular weight excluding hydrogens is 346 g/mol. The molecule has 0 aliphatic heterocycles. The predicted octanol–water partition coefficient (Wildman–Crippen LogP) is 4.23. The molecule has 0 atom stereocenters. The van der Waals surface area contributed by atoms with Crippen molar-refractivity contribution in [1.82, 2.24) is 19.6 Å². The maximum Gasteiger partial charge on any atom is 0.257 e. The predicted molar refractivity (Wildman–Crippen MR) is 103 cm³/mol. The summed E-state index contributed by atoms with van der Waals surface area (Å²) in [6, 6.07) is 13.5. The molecule has 4 aromatic rings. The molecule has 0 fully saturated rings. The minimum Gasteiger partial charge on any atom is -0.306 e. The van der Waals surface area contributed by atoms with Gasteiger partial charge in [-0.05, 0) is 12.1 Å². The van der Waals surface area contributed by atoms with Gasteiger partial charge in [0.15, 0.2) is 0 Å². The highest BCUT2D eigenvalue weighted by molar-refractivity contribution is 7.15. The minimum absolute atomic E-state index is 0.219. The SMILES string of the molecule is CC(C)c1nnc(NC(=O)c2ccn3cc(-c4ccccc4)nc3c2)s1. The Morgan fingerprint density at radius 3 is 2.69 bits per heavy atom. The zero-order valence-electron chi connectivity index (χ0n) is 14.4. The normalized spacial score (nSPS) is 11.2. The first-order chi connectivity index (χ1) is 12.6. The molecule has 0 unspecified atom stereocenters. The third-order valence-corrected chi connectivity index (χ3v) is 5.09. The molecule has 1 aromatic carbocycles. The minimum atomic E-state index is -0.219. The Morgan fingerprint density at radius 1 is 1.15 bits per heavy atom. The molecule has 6 nitrogen and oxygen atoms in total. The highest BCUT2D eigenvalue weighted by atomic mass is 32.1. The Hall–Kier alpha value is -3.06. The average molecular weight is 363 g/mol. The summed E-state index contributed by atoms with van der Waals surface area (Å²) in [4.78, 5) is 17.1. The van der Waals surface area contributed by atoms with Gasteiger partial charge >= 0.3 is 0 Å². The molecule has 26 heavy (non-hydrogen) atoms. The number of rotatable bonds is 4. The summed E-state index contributed by atoms with van der Waals surface area (Å²) in [7, 11) is 0. The standard InChI is InChI=1S/C19H17N5OS/c1-12(2)18-22-23-19(26-18)21-17(25)14-8-9-24-11-15(20-16(24)10-14)13-6-4-3-5-7-13/h3-12H,1-2H3,(H,21,23,25). The van der Waals surface area contributed by atoms with E-state index in [2.05, 4.69) is 20.5 Å². The number of carbonyl (C=O) groups excluding carboxylic acids is 1. The van der Waals surface area contributed by atoms with Gasteiger partial charge in [0.1, 0.15) is 10.7 Å². The molecule has 0 aliphatic carbocycles. The fraction of sp³-hybridized carbons (Fsp3) is 0.158. The molecule has 0 spiro atoms. The topological polar surface area (TPSA) is 72.2 Å². The number of hydrogen-bond acceptors (Lipinski definition) is 5. The van der Waals surface area contributed by atoms with Gasteiger partial charge < -0.3 is 4.40 Å². The van der Waals surface area contributed by atoms with E-state index in [-0.39, 0.29) is 11.8 Å². The van der Waals surface area contributed by atoms with Crippen LogP contribution in [0.25, 0.3) is 16.9 Å². The van der Waals surface area contributed by atoms with Gasteiger partial charge in [0.25, 0.3) is 5.91 Å². The first-order valence-corrected chi connectivity index (χ1v) is 9.11. The highest BCUT2D eigenvalue weighted by Gasteiger charge is 2.13. The van der Waals surface area contributed by atoms with Crippen molar-refractivity contribution in [2.45, 2.75) is 19.8 Å². The molecule has 0 radical (unpaired) electrons. The van der Waals surface area contributed by atoms with Gasteiger partial charge in [-0.15, -0.1) is 10.2 Å². The van der Waals surface area contributed by atoms with Crippen molar-refractivity contribution in [3.8, 4) is 11.3 Å². The number of nitrogens with one attached hydrogen (secondary N) is 1. The summed E-state index contributed by atoms with van der Waals surface area (Å²) in [6.07, 6.45) is 3.79. The van der Waals surface area contributed by atoms with Gasteiger partial charge in [-0.25, -0.2) is 4.98 Å². The Balaban J connectivity index is 1.59. The molecule has 3 heterocycles. The van der Waals surface area contributed by atoms with Crippen molar-refractivity contribution >= 4 is 28.0 Å². The van der Waals surface area contributed by atoms with Crippen molar-refractivity contribution in [3.63, 3.8) is 0 Å². The fourth-order valence-corrected chi connectivity index (χ4v) is 3.30. The zero-order chi connectivity index (χ0) is 18.1. The van der Waals surface area contributed by atoms with Crippen LogP contribution in [0.2, 0.25) is 0 Å². The first kappa shape index (κ1) is 16.4. The van der Waals surface area contributed by atoms with Gasteiger partial charge in [-0.1, -0.05) is 55.5 Å². The summed E-state index contributed by atoms with van der Waals surface area (Å²) in [6.45, 7) is 4.09. The number of pyridine rings is 1. The smallest absolute Gasteiger partial charge is 0.257 e. The maximum atomic E-state index is 12.5. The van der Waals surface area contributed by atoms with E-state index < -0.39 is 0 Å².